The molecular formula is C9H7NO3. The maximum atomic E-state index is 11.0. The van der Waals surface area contributed by atoms with Crippen LogP contribution in [-0.2, 0) is 11.2 Å². The third-order valence-corrected chi connectivity index (χ3v) is 2.22. The van der Waals surface area contributed by atoms with Gasteiger partial charge >= 0.3 is 0 Å². The lowest BCUT2D eigenvalue weighted by Gasteiger charge is -2.00. The van der Waals surface area contributed by atoms with Crippen LogP contribution in [0.2, 0.25) is 0 Å². The number of carbonyl (C=O) groups excluding carboxylic acids is 1. The number of hydrogen-bond acceptors (Lipinski definition) is 3. The zero-order valence-corrected chi connectivity index (χ0v) is 6.79. The van der Waals surface area contributed by atoms with E-state index in [1.165, 1.54) is 0 Å². The molecule has 0 bridgehead atoms. The first-order valence-electron chi connectivity index (χ1n) is 4.05. The van der Waals surface area contributed by atoms with Gasteiger partial charge in [-0.25, -0.2) is 0 Å². The molecule has 0 aliphatic carbocycles. The van der Waals surface area contributed by atoms with E-state index in [-0.39, 0.29) is 12.7 Å². The van der Waals surface area contributed by atoms with Crippen LogP contribution in [0.3, 0.4) is 0 Å². The number of carbonyl (C=O) groups is 1. The molecule has 66 valence electrons. The van der Waals surface area contributed by atoms with Gasteiger partial charge in [0.1, 0.15) is 0 Å². The normalized spacial score (nSPS) is 17.1. The van der Waals surface area contributed by atoms with Gasteiger partial charge in [0.2, 0.25) is 12.7 Å². The molecule has 1 amide bonds. The lowest BCUT2D eigenvalue weighted by molar-refractivity contribution is -0.115. The lowest BCUT2D eigenvalue weighted by Crippen LogP contribution is -2.03. The second-order valence-electron chi connectivity index (χ2n) is 3.09. The van der Waals surface area contributed by atoms with E-state index in [4.69, 9.17) is 9.47 Å². The van der Waals surface area contributed by atoms with Crippen LogP contribution in [0.4, 0.5) is 5.69 Å². The van der Waals surface area contributed by atoms with E-state index in [0.717, 1.165) is 17.0 Å². The Morgan fingerprint density at radius 3 is 2.85 bits per heavy atom. The number of benzene rings is 1. The van der Waals surface area contributed by atoms with Crippen molar-refractivity contribution in [3.05, 3.63) is 17.7 Å². The van der Waals surface area contributed by atoms with Crippen LogP contribution in [0, 0.1) is 0 Å². The summed E-state index contributed by atoms with van der Waals surface area (Å²) in [5.74, 6) is 1.47. The molecule has 3 rings (SSSR count). The molecule has 2 aliphatic heterocycles. The first-order chi connectivity index (χ1) is 6.33. The van der Waals surface area contributed by atoms with E-state index in [2.05, 4.69) is 5.32 Å². The Balaban J connectivity index is 2.15. The van der Waals surface area contributed by atoms with Gasteiger partial charge in [-0.15, -0.1) is 0 Å². The fraction of sp³-hybridized carbons (Fsp3) is 0.222. The van der Waals surface area contributed by atoms with Crippen molar-refractivity contribution in [1.82, 2.24) is 0 Å². The summed E-state index contributed by atoms with van der Waals surface area (Å²) in [6.07, 6.45) is 0.436. The first kappa shape index (κ1) is 6.77. The summed E-state index contributed by atoms with van der Waals surface area (Å²) in [5, 5.41) is 2.75. The van der Waals surface area contributed by atoms with Crippen molar-refractivity contribution in [1.29, 1.82) is 0 Å². The molecule has 0 saturated carbocycles. The largest absolute Gasteiger partial charge is 0.454 e. The van der Waals surface area contributed by atoms with Gasteiger partial charge < -0.3 is 14.8 Å². The fourth-order valence-electron chi connectivity index (χ4n) is 1.61. The first-order valence-corrected chi connectivity index (χ1v) is 4.05. The SMILES string of the molecule is O=C1Cc2cc3c(cc2N1)OCO3. The average molecular weight is 177 g/mol. The van der Waals surface area contributed by atoms with Gasteiger partial charge in [-0.1, -0.05) is 0 Å². The van der Waals surface area contributed by atoms with Crippen LogP contribution in [0.25, 0.3) is 0 Å². The minimum atomic E-state index is 0.0265. The van der Waals surface area contributed by atoms with Crippen molar-refractivity contribution in [3.63, 3.8) is 0 Å². The summed E-state index contributed by atoms with van der Waals surface area (Å²) >= 11 is 0. The predicted octanol–water partition coefficient (Wildman–Crippen LogP) is 0.910. The van der Waals surface area contributed by atoms with Crippen molar-refractivity contribution >= 4 is 11.6 Å². The molecule has 2 aliphatic rings. The third-order valence-electron chi connectivity index (χ3n) is 2.22. The molecule has 1 N–H and O–H groups in total. The molecule has 0 unspecified atom stereocenters. The van der Waals surface area contributed by atoms with Gasteiger partial charge in [0.25, 0.3) is 0 Å². The van der Waals surface area contributed by atoms with Crippen molar-refractivity contribution in [2.45, 2.75) is 6.42 Å². The Bertz CT molecular complexity index is 365. The molecule has 1 aromatic rings. The number of nitrogens with one attached hydrogen (secondary N) is 1. The van der Waals surface area contributed by atoms with Crippen molar-refractivity contribution in [3.8, 4) is 11.5 Å². The second-order valence-corrected chi connectivity index (χ2v) is 3.09. The van der Waals surface area contributed by atoms with Crippen LogP contribution < -0.4 is 14.8 Å². The van der Waals surface area contributed by atoms with Crippen LogP contribution >= 0.6 is 0 Å². The van der Waals surface area contributed by atoms with Crippen LogP contribution in [0.1, 0.15) is 5.56 Å². The minimum absolute atomic E-state index is 0.0265. The highest BCUT2D eigenvalue weighted by Crippen LogP contribution is 2.38. The van der Waals surface area contributed by atoms with Crippen LogP contribution in [0.15, 0.2) is 12.1 Å². The predicted molar refractivity (Wildman–Crippen MR) is 44.9 cm³/mol. The van der Waals surface area contributed by atoms with E-state index in [0.29, 0.717) is 12.2 Å². The van der Waals surface area contributed by atoms with Gasteiger partial charge in [0, 0.05) is 11.8 Å². The number of fused-ring (bicyclic) bond motifs is 2. The van der Waals surface area contributed by atoms with Gasteiger partial charge in [-0.05, 0) is 11.6 Å². The Kier molecular flexibility index (Phi) is 1.12. The van der Waals surface area contributed by atoms with E-state index in [1.54, 1.807) is 0 Å². The van der Waals surface area contributed by atoms with Crippen LogP contribution in [-0.4, -0.2) is 12.7 Å². The Morgan fingerprint density at radius 2 is 2.00 bits per heavy atom. The Labute approximate surface area is 74.5 Å². The highest BCUT2D eigenvalue weighted by molar-refractivity contribution is 5.99. The topological polar surface area (TPSA) is 47.6 Å². The summed E-state index contributed by atoms with van der Waals surface area (Å²) in [4.78, 5) is 11.0. The maximum absolute atomic E-state index is 11.0. The zero-order valence-electron chi connectivity index (χ0n) is 6.79. The molecule has 0 fully saturated rings. The maximum Gasteiger partial charge on any atom is 0.231 e. The van der Waals surface area contributed by atoms with Gasteiger partial charge in [-0.2, -0.15) is 0 Å². The summed E-state index contributed by atoms with van der Waals surface area (Å²) in [7, 11) is 0. The van der Waals surface area contributed by atoms with E-state index in [9.17, 15) is 4.79 Å². The number of anilines is 1. The highest BCUT2D eigenvalue weighted by Gasteiger charge is 2.23. The molecule has 13 heavy (non-hydrogen) atoms. The van der Waals surface area contributed by atoms with Crippen LogP contribution in [0.5, 0.6) is 11.5 Å². The summed E-state index contributed by atoms with van der Waals surface area (Å²) in [6, 6.07) is 3.66. The number of hydrogen-bond donors (Lipinski definition) is 1. The quantitative estimate of drug-likeness (QED) is 0.640. The molecule has 0 spiro atoms. The summed E-state index contributed by atoms with van der Waals surface area (Å²) < 4.78 is 10.4. The lowest BCUT2D eigenvalue weighted by atomic mass is 10.1. The molecule has 0 aromatic heterocycles. The monoisotopic (exact) mass is 177 g/mol. The molecule has 4 heteroatoms. The second kappa shape index (κ2) is 2.16. The highest BCUT2D eigenvalue weighted by atomic mass is 16.7. The number of rotatable bonds is 0. The fourth-order valence-corrected chi connectivity index (χ4v) is 1.61. The number of amides is 1. The van der Waals surface area contributed by atoms with Crippen molar-refractivity contribution in [2.24, 2.45) is 0 Å². The molecule has 0 atom stereocenters. The van der Waals surface area contributed by atoms with Gasteiger partial charge in [0.15, 0.2) is 11.5 Å². The summed E-state index contributed by atoms with van der Waals surface area (Å²) in [5.41, 5.74) is 1.82. The van der Waals surface area contributed by atoms with Gasteiger partial charge in [0.05, 0.1) is 6.42 Å². The molecule has 1 aromatic carbocycles. The Morgan fingerprint density at radius 1 is 1.23 bits per heavy atom. The van der Waals surface area contributed by atoms with E-state index in [1.807, 2.05) is 12.1 Å². The number of ether oxygens (including phenoxy) is 2. The van der Waals surface area contributed by atoms with Gasteiger partial charge in [-0.3, -0.25) is 4.79 Å². The van der Waals surface area contributed by atoms with E-state index >= 15 is 0 Å². The molecule has 0 radical (unpaired) electrons. The molecule has 2 heterocycles. The smallest absolute Gasteiger partial charge is 0.231 e. The molecular weight excluding hydrogens is 170 g/mol. The zero-order chi connectivity index (χ0) is 8.84. The van der Waals surface area contributed by atoms with Crippen molar-refractivity contribution in [2.75, 3.05) is 12.1 Å². The molecule has 4 nitrogen and oxygen atoms in total. The van der Waals surface area contributed by atoms with E-state index < -0.39 is 0 Å². The molecule has 0 saturated heterocycles. The third kappa shape index (κ3) is 0.884. The minimum Gasteiger partial charge on any atom is -0.454 e. The van der Waals surface area contributed by atoms with Crippen molar-refractivity contribution < 1.29 is 14.3 Å². The standard InChI is InChI=1S/C9H7NO3/c11-9-2-5-1-7-8(13-4-12-7)3-6(5)10-9/h1,3H,2,4H2,(H,10,11). The Hall–Kier alpha value is -1.71. The average Bonchev–Trinajstić information content (AvgIpc) is 2.63. The summed E-state index contributed by atoms with van der Waals surface area (Å²) in [6.45, 7) is 0.270.